The van der Waals surface area contributed by atoms with Gasteiger partial charge in [0, 0.05) is 54.5 Å². The Kier molecular flexibility index (Phi) is 4.34. The second-order valence-corrected chi connectivity index (χ2v) is 8.40. The minimum absolute atomic E-state index is 0.305. The first-order valence-corrected chi connectivity index (χ1v) is 10.1. The van der Waals surface area contributed by atoms with E-state index in [1.807, 2.05) is 0 Å². The lowest BCUT2D eigenvalue weighted by atomic mass is 9.83. The van der Waals surface area contributed by atoms with Crippen LogP contribution in [-0.2, 0) is 4.74 Å². The normalized spacial score (nSPS) is 23.9. The van der Waals surface area contributed by atoms with Crippen molar-refractivity contribution in [2.45, 2.75) is 24.9 Å². The summed E-state index contributed by atoms with van der Waals surface area (Å²) < 4.78 is 11.8. The topological polar surface area (TPSA) is 55.6 Å². The molecule has 1 aromatic heterocycles. The first kappa shape index (κ1) is 18.0. The van der Waals surface area contributed by atoms with E-state index < -0.39 is 0 Å². The molecule has 2 bridgehead atoms. The number of halogens is 2. The minimum atomic E-state index is -0.315. The van der Waals surface area contributed by atoms with Crippen molar-refractivity contribution in [3.8, 4) is 11.5 Å². The number of carbonyl (C=O) groups excluding carboxylic acids is 1. The number of hydrogen-bond acceptors (Lipinski definition) is 5. The molecule has 7 heteroatoms. The second kappa shape index (κ2) is 6.76. The fourth-order valence-corrected chi connectivity index (χ4v) is 4.58. The van der Waals surface area contributed by atoms with Gasteiger partial charge in [0.25, 0.3) is 0 Å². The van der Waals surface area contributed by atoms with Gasteiger partial charge in [0.05, 0.1) is 5.56 Å². The highest BCUT2D eigenvalue weighted by Crippen LogP contribution is 2.36. The quantitative estimate of drug-likeness (QED) is 0.549. The van der Waals surface area contributed by atoms with Gasteiger partial charge in [0.15, 0.2) is 5.58 Å². The predicted molar refractivity (Wildman–Crippen MR) is 108 cm³/mol. The van der Waals surface area contributed by atoms with Crippen molar-refractivity contribution in [3.05, 3.63) is 52.0 Å². The van der Waals surface area contributed by atoms with Crippen molar-refractivity contribution in [1.29, 1.82) is 0 Å². The van der Waals surface area contributed by atoms with Gasteiger partial charge >= 0.3 is 5.97 Å². The van der Waals surface area contributed by atoms with E-state index in [-0.39, 0.29) is 11.6 Å². The summed E-state index contributed by atoms with van der Waals surface area (Å²) in [6.07, 6.45) is 2.72. The zero-order valence-electron chi connectivity index (χ0n) is 15.1. The van der Waals surface area contributed by atoms with Crippen LogP contribution in [0.3, 0.4) is 0 Å². The van der Waals surface area contributed by atoms with Crippen LogP contribution in [0.1, 0.15) is 29.6 Å². The number of aromatic nitrogens is 1. The van der Waals surface area contributed by atoms with E-state index >= 15 is 0 Å². The SMILES string of the molecule is O=C(OC12CCN(CC1)CC2)c1ccc2nc(-c3cc(Cl)cc(Cl)c3)oc2c1. The third-order valence-corrected chi connectivity index (χ3v) is 6.13. The molecule has 0 atom stereocenters. The highest BCUT2D eigenvalue weighted by atomic mass is 35.5. The first-order valence-electron chi connectivity index (χ1n) is 9.33. The van der Waals surface area contributed by atoms with Crippen LogP contribution in [0.25, 0.3) is 22.6 Å². The summed E-state index contributed by atoms with van der Waals surface area (Å²) in [5.41, 5.74) is 2.03. The van der Waals surface area contributed by atoms with Crippen molar-refractivity contribution in [2.75, 3.05) is 19.6 Å². The molecule has 144 valence electrons. The van der Waals surface area contributed by atoms with Crippen molar-refractivity contribution < 1.29 is 13.9 Å². The highest BCUT2D eigenvalue weighted by molar-refractivity contribution is 6.35. The number of carbonyl (C=O) groups is 1. The average molecular weight is 417 g/mol. The molecule has 4 heterocycles. The molecular weight excluding hydrogens is 399 g/mol. The molecule has 3 saturated heterocycles. The molecule has 0 N–H and O–H groups in total. The van der Waals surface area contributed by atoms with Crippen LogP contribution in [0.5, 0.6) is 0 Å². The summed E-state index contributed by atoms with van der Waals surface area (Å²) in [7, 11) is 0. The Morgan fingerprint density at radius 2 is 1.71 bits per heavy atom. The van der Waals surface area contributed by atoms with Crippen LogP contribution in [-0.4, -0.2) is 41.1 Å². The minimum Gasteiger partial charge on any atom is -0.455 e. The lowest BCUT2D eigenvalue weighted by Gasteiger charge is -2.47. The van der Waals surface area contributed by atoms with Gasteiger partial charge in [-0.2, -0.15) is 0 Å². The standard InChI is InChI=1S/C21H18Cl2N2O3/c22-15-9-14(10-16(23)12-15)19-24-17-2-1-13(11-18(17)27-19)20(26)28-21-3-6-25(7-4-21)8-5-21/h1-2,9-12H,3-8H2. The number of fused-ring (bicyclic) bond motifs is 4. The zero-order chi connectivity index (χ0) is 19.3. The van der Waals surface area contributed by atoms with Crippen molar-refractivity contribution in [3.63, 3.8) is 0 Å². The summed E-state index contributed by atoms with van der Waals surface area (Å²) in [5, 5.41) is 1.01. The number of ether oxygens (including phenoxy) is 1. The van der Waals surface area contributed by atoms with Gasteiger partial charge in [-0.05, 0) is 36.4 Å². The molecule has 2 aromatic carbocycles. The van der Waals surface area contributed by atoms with Gasteiger partial charge in [-0.15, -0.1) is 0 Å². The molecule has 0 radical (unpaired) electrons. The third kappa shape index (κ3) is 3.28. The predicted octanol–water partition coefficient (Wildman–Crippen LogP) is 5.20. The summed E-state index contributed by atoms with van der Waals surface area (Å²) in [5.74, 6) is 0.101. The molecule has 0 amide bonds. The van der Waals surface area contributed by atoms with Crippen molar-refractivity contribution in [1.82, 2.24) is 9.88 Å². The molecule has 3 aromatic rings. The highest BCUT2D eigenvalue weighted by Gasteiger charge is 2.42. The lowest BCUT2D eigenvalue weighted by molar-refractivity contribution is -0.0870. The molecule has 5 nitrogen and oxygen atoms in total. The van der Waals surface area contributed by atoms with E-state index in [0.717, 1.165) is 38.9 Å². The summed E-state index contributed by atoms with van der Waals surface area (Å²) in [4.78, 5) is 19.7. The molecule has 0 aliphatic carbocycles. The number of esters is 1. The largest absolute Gasteiger partial charge is 0.455 e. The van der Waals surface area contributed by atoms with Gasteiger partial charge in [0.1, 0.15) is 11.1 Å². The average Bonchev–Trinajstić information content (AvgIpc) is 3.12. The van der Waals surface area contributed by atoms with Crippen LogP contribution in [0.4, 0.5) is 0 Å². The lowest BCUT2D eigenvalue weighted by Crippen LogP contribution is -2.54. The zero-order valence-corrected chi connectivity index (χ0v) is 16.6. The molecule has 0 unspecified atom stereocenters. The summed E-state index contributed by atoms with van der Waals surface area (Å²) >= 11 is 12.1. The molecule has 28 heavy (non-hydrogen) atoms. The Labute approximate surface area is 172 Å². The molecule has 0 spiro atoms. The Balaban J connectivity index is 1.42. The smallest absolute Gasteiger partial charge is 0.338 e. The van der Waals surface area contributed by atoms with E-state index in [1.54, 1.807) is 36.4 Å². The number of benzene rings is 2. The van der Waals surface area contributed by atoms with Gasteiger partial charge in [0.2, 0.25) is 5.89 Å². The van der Waals surface area contributed by atoms with Crippen LogP contribution in [0.15, 0.2) is 40.8 Å². The molecule has 3 aliphatic rings. The van der Waals surface area contributed by atoms with Crippen LogP contribution < -0.4 is 0 Å². The van der Waals surface area contributed by atoms with Crippen LogP contribution >= 0.6 is 23.2 Å². The number of oxazole rings is 1. The van der Waals surface area contributed by atoms with E-state index in [2.05, 4.69) is 9.88 Å². The number of nitrogens with zero attached hydrogens (tertiary/aromatic N) is 2. The molecule has 6 rings (SSSR count). The Morgan fingerprint density at radius 1 is 1.04 bits per heavy atom. The molecular formula is C21H18Cl2N2O3. The van der Waals surface area contributed by atoms with Gasteiger partial charge in [-0.3, -0.25) is 0 Å². The maximum atomic E-state index is 12.8. The Morgan fingerprint density at radius 3 is 2.39 bits per heavy atom. The Hall–Kier alpha value is -2.08. The maximum Gasteiger partial charge on any atom is 0.338 e. The summed E-state index contributed by atoms with van der Waals surface area (Å²) in [6.45, 7) is 3.00. The fourth-order valence-electron chi connectivity index (χ4n) is 4.06. The number of rotatable bonds is 3. The molecule has 3 aliphatic heterocycles. The number of hydrogen-bond donors (Lipinski definition) is 0. The first-order chi connectivity index (χ1) is 13.5. The van der Waals surface area contributed by atoms with Gasteiger partial charge < -0.3 is 14.1 Å². The van der Waals surface area contributed by atoms with E-state index in [0.29, 0.717) is 38.2 Å². The second-order valence-electron chi connectivity index (χ2n) is 7.52. The van der Waals surface area contributed by atoms with Crippen LogP contribution in [0, 0.1) is 0 Å². The van der Waals surface area contributed by atoms with Crippen molar-refractivity contribution >= 4 is 40.3 Å². The van der Waals surface area contributed by atoms with Gasteiger partial charge in [-0.1, -0.05) is 23.2 Å². The Bertz CT molecular complexity index is 1040. The monoisotopic (exact) mass is 416 g/mol. The van der Waals surface area contributed by atoms with Crippen LogP contribution in [0.2, 0.25) is 10.0 Å². The third-order valence-electron chi connectivity index (χ3n) is 5.69. The molecule has 0 saturated carbocycles. The maximum absolute atomic E-state index is 12.8. The van der Waals surface area contributed by atoms with E-state index in [1.165, 1.54) is 0 Å². The van der Waals surface area contributed by atoms with E-state index in [9.17, 15) is 4.79 Å². The fraction of sp³-hybridized carbons (Fsp3) is 0.333. The molecule has 3 fully saturated rings. The van der Waals surface area contributed by atoms with Crippen molar-refractivity contribution in [2.24, 2.45) is 0 Å². The van der Waals surface area contributed by atoms with Gasteiger partial charge in [-0.25, -0.2) is 9.78 Å². The number of piperidine rings is 3. The van der Waals surface area contributed by atoms with E-state index in [4.69, 9.17) is 32.4 Å². The summed E-state index contributed by atoms with van der Waals surface area (Å²) in [6, 6.07) is 10.3.